The molecule has 0 aliphatic rings. The third kappa shape index (κ3) is 5.52. The van der Waals surface area contributed by atoms with Crippen molar-refractivity contribution < 1.29 is 5.21 Å². The van der Waals surface area contributed by atoms with Gasteiger partial charge in [-0.3, -0.25) is 0 Å². The Hall–Kier alpha value is -0.120. The standard InChI is InChI=1S/C9H22N2O/c1-4-8(3)6-9(5-2)7-10-11-12/h8-12H,4-7H2,1-3H3. The molecule has 0 radical (unpaired) electrons. The van der Waals surface area contributed by atoms with Crippen LogP contribution in [0.2, 0.25) is 0 Å². The predicted octanol–water partition coefficient (Wildman–Crippen LogP) is 1.93. The Morgan fingerprint density at radius 2 is 1.92 bits per heavy atom. The molecular weight excluding hydrogens is 152 g/mol. The minimum atomic E-state index is 0.666. The molecule has 0 heterocycles. The van der Waals surface area contributed by atoms with Crippen LogP contribution in [-0.4, -0.2) is 11.8 Å². The van der Waals surface area contributed by atoms with Crippen LogP contribution in [0.5, 0.6) is 0 Å². The van der Waals surface area contributed by atoms with Gasteiger partial charge in [0.1, 0.15) is 0 Å². The van der Waals surface area contributed by atoms with Gasteiger partial charge in [-0.25, -0.2) is 5.43 Å². The van der Waals surface area contributed by atoms with E-state index in [9.17, 15) is 0 Å². The fraction of sp³-hybridized carbons (Fsp3) is 1.00. The van der Waals surface area contributed by atoms with Crippen molar-refractivity contribution in [2.45, 2.75) is 40.0 Å². The molecule has 0 aromatic rings. The van der Waals surface area contributed by atoms with Gasteiger partial charge in [0.15, 0.2) is 0 Å². The molecule has 0 aromatic carbocycles. The number of hydrogen-bond acceptors (Lipinski definition) is 3. The molecule has 2 atom stereocenters. The van der Waals surface area contributed by atoms with Gasteiger partial charge >= 0.3 is 0 Å². The van der Waals surface area contributed by atoms with Gasteiger partial charge in [-0.1, -0.05) is 33.6 Å². The van der Waals surface area contributed by atoms with Crippen molar-refractivity contribution in [3.63, 3.8) is 0 Å². The minimum Gasteiger partial charge on any atom is -0.302 e. The van der Waals surface area contributed by atoms with Crippen LogP contribution in [0.4, 0.5) is 0 Å². The van der Waals surface area contributed by atoms with Crippen LogP contribution >= 0.6 is 0 Å². The van der Waals surface area contributed by atoms with E-state index in [-0.39, 0.29) is 0 Å². The zero-order valence-corrected chi connectivity index (χ0v) is 8.43. The number of hydrazine groups is 1. The fourth-order valence-electron chi connectivity index (χ4n) is 1.32. The molecule has 2 unspecified atom stereocenters. The van der Waals surface area contributed by atoms with Gasteiger partial charge in [-0.15, -0.1) is 5.59 Å². The molecule has 0 spiro atoms. The van der Waals surface area contributed by atoms with Crippen molar-refractivity contribution >= 4 is 0 Å². The van der Waals surface area contributed by atoms with Gasteiger partial charge in [0, 0.05) is 6.54 Å². The zero-order valence-electron chi connectivity index (χ0n) is 8.43. The summed E-state index contributed by atoms with van der Waals surface area (Å²) >= 11 is 0. The normalized spacial score (nSPS) is 16.0. The highest BCUT2D eigenvalue weighted by atomic mass is 16.5. The molecule has 0 aromatic heterocycles. The average molecular weight is 174 g/mol. The topological polar surface area (TPSA) is 44.3 Å². The predicted molar refractivity (Wildman–Crippen MR) is 50.8 cm³/mol. The summed E-state index contributed by atoms with van der Waals surface area (Å²) in [5.74, 6) is 1.45. The van der Waals surface area contributed by atoms with Crippen LogP contribution in [0.3, 0.4) is 0 Å². The molecule has 0 amide bonds. The van der Waals surface area contributed by atoms with Gasteiger partial charge < -0.3 is 5.21 Å². The first-order valence-corrected chi connectivity index (χ1v) is 4.86. The van der Waals surface area contributed by atoms with E-state index in [0.29, 0.717) is 5.92 Å². The lowest BCUT2D eigenvalue weighted by Gasteiger charge is -2.18. The van der Waals surface area contributed by atoms with E-state index >= 15 is 0 Å². The largest absolute Gasteiger partial charge is 0.302 e. The lowest BCUT2D eigenvalue weighted by molar-refractivity contribution is 0.111. The summed E-state index contributed by atoms with van der Waals surface area (Å²) in [5.41, 5.74) is 4.71. The van der Waals surface area contributed by atoms with Crippen molar-refractivity contribution in [2.24, 2.45) is 11.8 Å². The monoisotopic (exact) mass is 174 g/mol. The number of rotatable bonds is 7. The summed E-state index contributed by atoms with van der Waals surface area (Å²) in [7, 11) is 0. The molecule has 0 fully saturated rings. The highest BCUT2D eigenvalue weighted by molar-refractivity contribution is 4.62. The number of hydrogen-bond donors (Lipinski definition) is 3. The van der Waals surface area contributed by atoms with Gasteiger partial charge in [0.2, 0.25) is 0 Å². The van der Waals surface area contributed by atoms with Crippen molar-refractivity contribution in [3.8, 4) is 0 Å². The second-order valence-electron chi connectivity index (χ2n) is 3.52. The Morgan fingerprint density at radius 1 is 1.25 bits per heavy atom. The molecule has 0 aliphatic carbocycles. The van der Waals surface area contributed by atoms with E-state index < -0.39 is 0 Å². The second-order valence-corrected chi connectivity index (χ2v) is 3.52. The summed E-state index contributed by atoms with van der Waals surface area (Å²) in [4.78, 5) is 0. The summed E-state index contributed by atoms with van der Waals surface area (Å²) in [6, 6.07) is 0. The Labute approximate surface area is 75.5 Å². The highest BCUT2D eigenvalue weighted by Gasteiger charge is 2.09. The van der Waals surface area contributed by atoms with E-state index in [4.69, 9.17) is 5.21 Å². The number of nitrogens with one attached hydrogen (secondary N) is 2. The van der Waals surface area contributed by atoms with Crippen LogP contribution in [0.25, 0.3) is 0 Å². The quantitative estimate of drug-likeness (QED) is 0.517. The first kappa shape index (κ1) is 11.9. The maximum atomic E-state index is 8.34. The highest BCUT2D eigenvalue weighted by Crippen LogP contribution is 2.16. The Kier molecular flexibility index (Phi) is 7.45. The van der Waals surface area contributed by atoms with Gasteiger partial charge in [0.25, 0.3) is 0 Å². The molecule has 3 N–H and O–H groups in total. The fourth-order valence-corrected chi connectivity index (χ4v) is 1.32. The van der Waals surface area contributed by atoms with Crippen LogP contribution in [0.15, 0.2) is 0 Å². The average Bonchev–Trinajstić information content (AvgIpc) is 2.11. The smallest absolute Gasteiger partial charge is 0.0150 e. The molecule has 3 heteroatoms. The van der Waals surface area contributed by atoms with Crippen molar-refractivity contribution in [3.05, 3.63) is 0 Å². The Bertz CT molecular complexity index is 98.5. The maximum Gasteiger partial charge on any atom is 0.0150 e. The SMILES string of the molecule is CCC(C)CC(CC)CNNO. The van der Waals surface area contributed by atoms with Crippen LogP contribution < -0.4 is 11.0 Å². The van der Waals surface area contributed by atoms with E-state index in [1.165, 1.54) is 19.3 Å². The lowest BCUT2D eigenvalue weighted by Crippen LogP contribution is -2.33. The molecule has 0 aliphatic heterocycles. The van der Waals surface area contributed by atoms with Crippen LogP contribution in [-0.2, 0) is 0 Å². The zero-order chi connectivity index (χ0) is 9.40. The molecule has 0 bridgehead atoms. The van der Waals surface area contributed by atoms with Crippen LogP contribution in [0, 0.1) is 11.8 Å². The van der Waals surface area contributed by atoms with E-state index in [1.54, 1.807) is 0 Å². The molecule has 12 heavy (non-hydrogen) atoms. The molecule has 0 saturated carbocycles. The molecule has 0 saturated heterocycles. The first-order valence-electron chi connectivity index (χ1n) is 4.86. The molecular formula is C9H22N2O. The van der Waals surface area contributed by atoms with Gasteiger partial charge in [-0.2, -0.15) is 0 Å². The van der Waals surface area contributed by atoms with Crippen molar-refractivity contribution in [1.29, 1.82) is 0 Å². The lowest BCUT2D eigenvalue weighted by atomic mass is 9.92. The summed E-state index contributed by atoms with van der Waals surface area (Å²) < 4.78 is 0. The minimum absolute atomic E-state index is 0.666. The van der Waals surface area contributed by atoms with Crippen LogP contribution in [0.1, 0.15) is 40.0 Å². The summed E-state index contributed by atoms with van der Waals surface area (Å²) in [6.07, 6.45) is 3.64. The molecule has 74 valence electrons. The van der Waals surface area contributed by atoms with Crippen molar-refractivity contribution in [1.82, 2.24) is 11.0 Å². The first-order chi connectivity index (χ1) is 5.74. The maximum absolute atomic E-state index is 8.34. The van der Waals surface area contributed by atoms with E-state index in [0.717, 1.165) is 12.5 Å². The van der Waals surface area contributed by atoms with E-state index in [1.807, 2.05) is 5.59 Å². The third-order valence-electron chi connectivity index (χ3n) is 2.48. The van der Waals surface area contributed by atoms with Crippen molar-refractivity contribution in [2.75, 3.05) is 6.54 Å². The second kappa shape index (κ2) is 7.53. The van der Waals surface area contributed by atoms with E-state index in [2.05, 4.69) is 26.2 Å². The third-order valence-corrected chi connectivity index (χ3v) is 2.48. The Balaban J connectivity index is 3.51. The Morgan fingerprint density at radius 3 is 2.33 bits per heavy atom. The molecule has 3 nitrogen and oxygen atoms in total. The summed E-state index contributed by atoms with van der Waals surface area (Å²) in [5, 5.41) is 8.34. The summed E-state index contributed by atoms with van der Waals surface area (Å²) in [6.45, 7) is 7.52. The van der Waals surface area contributed by atoms with Gasteiger partial charge in [-0.05, 0) is 18.3 Å². The van der Waals surface area contributed by atoms with Gasteiger partial charge in [0.05, 0.1) is 0 Å². The molecule has 0 rings (SSSR count).